The summed E-state index contributed by atoms with van der Waals surface area (Å²) < 4.78 is 5.85. The zero-order valence-corrected chi connectivity index (χ0v) is 17.4. The second-order valence-corrected chi connectivity index (χ2v) is 7.18. The molecular weight excluding hydrogens is 400 g/mol. The van der Waals surface area contributed by atoms with Crippen LogP contribution in [0, 0.1) is 0 Å². The average molecular weight is 423 g/mol. The van der Waals surface area contributed by atoms with Crippen LogP contribution in [0.1, 0.15) is 19.3 Å². The van der Waals surface area contributed by atoms with Gasteiger partial charge in [-0.1, -0.05) is 48.0 Å². The van der Waals surface area contributed by atoms with Gasteiger partial charge in [0, 0.05) is 30.6 Å². The van der Waals surface area contributed by atoms with E-state index in [1.165, 1.54) is 0 Å². The molecule has 0 heterocycles. The average Bonchev–Trinajstić information content (AvgIpc) is 2.76. The molecule has 0 saturated carbocycles. The van der Waals surface area contributed by atoms with Crippen LogP contribution >= 0.6 is 11.6 Å². The number of nitrogens with one attached hydrogen (secondary N) is 1. The highest BCUT2D eigenvalue weighted by Gasteiger charge is 2.13. The van der Waals surface area contributed by atoms with E-state index in [1.54, 1.807) is 30.1 Å². The fourth-order valence-electron chi connectivity index (χ4n) is 2.88. The van der Waals surface area contributed by atoms with Crippen LogP contribution in [0.25, 0.3) is 0 Å². The molecule has 5 nitrogen and oxygen atoms in total. The molecule has 1 N–H and O–H groups in total. The van der Waals surface area contributed by atoms with Gasteiger partial charge in [0.05, 0.1) is 5.69 Å². The topological polar surface area (TPSA) is 58.6 Å². The van der Waals surface area contributed by atoms with E-state index in [2.05, 4.69) is 5.32 Å². The molecule has 0 aliphatic carbocycles. The van der Waals surface area contributed by atoms with E-state index in [9.17, 15) is 9.59 Å². The van der Waals surface area contributed by atoms with E-state index >= 15 is 0 Å². The van der Waals surface area contributed by atoms with Crippen molar-refractivity contribution in [2.45, 2.75) is 19.3 Å². The van der Waals surface area contributed by atoms with E-state index < -0.39 is 0 Å². The van der Waals surface area contributed by atoms with Crippen molar-refractivity contribution in [3.8, 4) is 11.5 Å². The number of para-hydroxylation sites is 2. The normalized spacial score (nSPS) is 10.3. The number of ether oxygens (including phenoxy) is 1. The Bertz CT molecular complexity index is 994. The highest BCUT2D eigenvalue weighted by atomic mass is 35.5. The monoisotopic (exact) mass is 422 g/mol. The molecule has 0 atom stereocenters. The summed E-state index contributed by atoms with van der Waals surface area (Å²) in [5.41, 5.74) is 1.32. The van der Waals surface area contributed by atoms with Gasteiger partial charge in [-0.05, 0) is 48.9 Å². The minimum Gasteiger partial charge on any atom is -0.455 e. The van der Waals surface area contributed by atoms with E-state index in [0.29, 0.717) is 28.6 Å². The summed E-state index contributed by atoms with van der Waals surface area (Å²) in [5, 5.41) is 3.32. The SMILES string of the molecule is CN(C(=O)CCCC(=O)Nc1cc(Cl)ccc1Oc1ccccc1)c1ccccc1. The maximum atomic E-state index is 12.4. The van der Waals surface area contributed by atoms with Crippen LogP contribution in [0.15, 0.2) is 78.9 Å². The Morgan fingerprint density at radius 3 is 2.30 bits per heavy atom. The third-order valence-corrected chi connectivity index (χ3v) is 4.73. The van der Waals surface area contributed by atoms with Crippen LogP contribution < -0.4 is 15.0 Å². The summed E-state index contributed by atoms with van der Waals surface area (Å²) in [6.07, 6.45) is 0.935. The van der Waals surface area contributed by atoms with Gasteiger partial charge in [-0.3, -0.25) is 9.59 Å². The van der Waals surface area contributed by atoms with Crippen LogP contribution in [-0.4, -0.2) is 18.9 Å². The molecule has 3 aromatic carbocycles. The highest BCUT2D eigenvalue weighted by Crippen LogP contribution is 2.32. The molecule has 0 spiro atoms. The zero-order chi connectivity index (χ0) is 21.3. The van der Waals surface area contributed by atoms with Crippen LogP contribution in [-0.2, 0) is 9.59 Å². The Morgan fingerprint density at radius 2 is 1.60 bits per heavy atom. The number of hydrogen-bond donors (Lipinski definition) is 1. The summed E-state index contributed by atoms with van der Waals surface area (Å²) in [6, 6.07) is 23.8. The third kappa shape index (κ3) is 6.09. The van der Waals surface area contributed by atoms with Gasteiger partial charge in [0.15, 0.2) is 5.75 Å². The van der Waals surface area contributed by atoms with Crippen molar-refractivity contribution in [3.05, 3.63) is 83.9 Å². The molecule has 0 radical (unpaired) electrons. The number of rotatable bonds is 8. The molecule has 154 valence electrons. The number of amides is 2. The minimum atomic E-state index is -0.203. The first-order valence-electron chi connectivity index (χ1n) is 9.67. The second kappa shape index (κ2) is 10.5. The van der Waals surface area contributed by atoms with E-state index in [0.717, 1.165) is 5.69 Å². The lowest BCUT2D eigenvalue weighted by molar-refractivity contribution is -0.118. The number of benzene rings is 3. The van der Waals surface area contributed by atoms with Crippen LogP contribution in [0.2, 0.25) is 5.02 Å². The molecule has 0 aliphatic rings. The molecule has 0 fully saturated rings. The van der Waals surface area contributed by atoms with Crippen molar-refractivity contribution in [3.63, 3.8) is 0 Å². The zero-order valence-electron chi connectivity index (χ0n) is 16.7. The van der Waals surface area contributed by atoms with Crippen molar-refractivity contribution in [2.75, 3.05) is 17.3 Å². The summed E-state index contributed by atoms with van der Waals surface area (Å²) in [7, 11) is 1.73. The van der Waals surface area contributed by atoms with Crippen molar-refractivity contribution >= 4 is 34.8 Å². The molecule has 3 rings (SSSR count). The first-order chi connectivity index (χ1) is 14.5. The molecule has 0 bridgehead atoms. The van der Waals surface area contributed by atoms with Gasteiger partial charge in [0.1, 0.15) is 5.75 Å². The molecule has 3 aromatic rings. The Kier molecular flexibility index (Phi) is 7.46. The predicted octanol–water partition coefficient (Wildman–Crippen LogP) is 5.90. The van der Waals surface area contributed by atoms with Crippen molar-refractivity contribution < 1.29 is 14.3 Å². The first kappa shape index (κ1) is 21.4. The summed E-state index contributed by atoms with van der Waals surface area (Å²) >= 11 is 6.09. The highest BCUT2D eigenvalue weighted by molar-refractivity contribution is 6.31. The lowest BCUT2D eigenvalue weighted by atomic mass is 10.2. The molecule has 30 heavy (non-hydrogen) atoms. The lowest BCUT2D eigenvalue weighted by Crippen LogP contribution is -2.26. The van der Waals surface area contributed by atoms with Crippen molar-refractivity contribution in [2.24, 2.45) is 0 Å². The molecule has 0 aromatic heterocycles. The van der Waals surface area contributed by atoms with Gasteiger partial charge < -0.3 is 15.0 Å². The fraction of sp³-hybridized carbons (Fsp3) is 0.167. The molecule has 6 heteroatoms. The van der Waals surface area contributed by atoms with Gasteiger partial charge in [-0.15, -0.1) is 0 Å². The standard InChI is InChI=1S/C24H23ClN2O3/c1-27(19-9-4-2-5-10-19)24(29)14-8-13-23(28)26-21-17-18(25)15-16-22(21)30-20-11-6-3-7-12-20/h2-7,9-12,15-17H,8,13-14H2,1H3,(H,26,28). The van der Waals surface area contributed by atoms with Gasteiger partial charge in [-0.25, -0.2) is 0 Å². The van der Waals surface area contributed by atoms with Gasteiger partial charge in [0.25, 0.3) is 0 Å². The summed E-state index contributed by atoms with van der Waals surface area (Å²) in [4.78, 5) is 26.4. The quantitative estimate of drug-likeness (QED) is 0.491. The number of carbonyl (C=O) groups excluding carboxylic acids is 2. The van der Waals surface area contributed by atoms with E-state index in [4.69, 9.17) is 16.3 Å². The van der Waals surface area contributed by atoms with Gasteiger partial charge in [-0.2, -0.15) is 0 Å². The number of anilines is 2. The Hall–Kier alpha value is -3.31. The fourth-order valence-corrected chi connectivity index (χ4v) is 3.05. The molecule has 0 aliphatic heterocycles. The number of nitrogens with zero attached hydrogens (tertiary/aromatic N) is 1. The third-order valence-electron chi connectivity index (χ3n) is 4.50. The van der Waals surface area contributed by atoms with Gasteiger partial charge >= 0.3 is 0 Å². The molecular formula is C24H23ClN2O3. The number of halogens is 1. The van der Waals surface area contributed by atoms with E-state index in [-0.39, 0.29) is 24.7 Å². The lowest BCUT2D eigenvalue weighted by Gasteiger charge is -2.17. The number of carbonyl (C=O) groups is 2. The minimum absolute atomic E-state index is 0.0372. The van der Waals surface area contributed by atoms with Crippen molar-refractivity contribution in [1.29, 1.82) is 0 Å². The first-order valence-corrected chi connectivity index (χ1v) is 10.0. The smallest absolute Gasteiger partial charge is 0.226 e. The molecule has 0 saturated heterocycles. The number of hydrogen-bond acceptors (Lipinski definition) is 3. The summed E-state index contributed by atoms with van der Waals surface area (Å²) in [6.45, 7) is 0. The van der Waals surface area contributed by atoms with Gasteiger partial charge in [0.2, 0.25) is 11.8 Å². The second-order valence-electron chi connectivity index (χ2n) is 6.75. The predicted molar refractivity (Wildman–Crippen MR) is 120 cm³/mol. The Morgan fingerprint density at radius 1 is 0.933 bits per heavy atom. The van der Waals surface area contributed by atoms with Crippen LogP contribution in [0.4, 0.5) is 11.4 Å². The Labute approximate surface area is 181 Å². The maximum absolute atomic E-state index is 12.4. The van der Waals surface area contributed by atoms with E-state index in [1.807, 2.05) is 60.7 Å². The maximum Gasteiger partial charge on any atom is 0.226 e. The van der Waals surface area contributed by atoms with Crippen LogP contribution in [0.3, 0.4) is 0 Å². The van der Waals surface area contributed by atoms with Crippen molar-refractivity contribution in [1.82, 2.24) is 0 Å². The Balaban J connectivity index is 1.54. The molecule has 0 unspecified atom stereocenters. The van der Waals surface area contributed by atoms with Crippen LogP contribution in [0.5, 0.6) is 11.5 Å². The molecule has 2 amide bonds. The summed E-state index contributed by atoms with van der Waals surface area (Å²) in [5.74, 6) is 0.916. The largest absolute Gasteiger partial charge is 0.455 e.